The highest BCUT2D eigenvalue weighted by molar-refractivity contribution is 9.10. The molecule has 0 fully saturated rings. The Bertz CT molecular complexity index is 1010. The predicted octanol–water partition coefficient (Wildman–Crippen LogP) is 4.63. The van der Waals surface area contributed by atoms with Crippen LogP contribution in [0.4, 0.5) is 5.69 Å². The zero-order valence-corrected chi connectivity index (χ0v) is 16.6. The van der Waals surface area contributed by atoms with Crippen LogP contribution >= 0.6 is 27.3 Å². The van der Waals surface area contributed by atoms with Crippen molar-refractivity contribution in [2.75, 3.05) is 4.72 Å². The Morgan fingerprint density at radius 2 is 1.92 bits per heavy atom. The number of H-pyrrole nitrogens is 1. The number of hydrogen-bond donors (Lipinski definition) is 2. The largest absolute Gasteiger partial charge is 0.282 e. The van der Waals surface area contributed by atoms with E-state index >= 15 is 0 Å². The summed E-state index contributed by atoms with van der Waals surface area (Å²) >= 11 is 4.59. The molecule has 0 saturated heterocycles. The minimum Gasteiger partial charge on any atom is -0.282 e. The highest BCUT2D eigenvalue weighted by atomic mass is 79.9. The number of aromatic nitrogens is 2. The summed E-state index contributed by atoms with van der Waals surface area (Å²) in [7, 11) is -3.64. The normalized spacial score (nSPS) is 11.7. The number of benzene rings is 1. The molecule has 1 aromatic carbocycles. The summed E-state index contributed by atoms with van der Waals surface area (Å²) in [6.07, 6.45) is 0. The van der Waals surface area contributed by atoms with Crippen LogP contribution in [0, 0.1) is 20.8 Å². The van der Waals surface area contributed by atoms with E-state index in [2.05, 4.69) is 30.8 Å². The Labute approximate surface area is 153 Å². The molecular formula is C16H16BrN3O2S2. The van der Waals surface area contributed by atoms with Crippen molar-refractivity contribution in [1.82, 2.24) is 10.2 Å². The molecule has 126 valence electrons. The Morgan fingerprint density at radius 1 is 1.17 bits per heavy atom. The van der Waals surface area contributed by atoms with E-state index in [1.807, 2.05) is 32.9 Å². The molecule has 8 heteroatoms. The van der Waals surface area contributed by atoms with Crippen LogP contribution < -0.4 is 4.72 Å². The summed E-state index contributed by atoms with van der Waals surface area (Å²) in [6, 6.07) is 8.86. The average molecular weight is 426 g/mol. The first-order chi connectivity index (χ1) is 11.3. The Hall–Kier alpha value is -1.64. The van der Waals surface area contributed by atoms with Crippen molar-refractivity contribution in [3.8, 4) is 10.6 Å². The van der Waals surface area contributed by atoms with Gasteiger partial charge in [0.25, 0.3) is 10.0 Å². The van der Waals surface area contributed by atoms with E-state index in [0.717, 1.165) is 27.4 Å². The maximum absolute atomic E-state index is 12.6. The first-order valence-electron chi connectivity index (χ1n) is 7.18. The SMILES string of the molecule is Cc1ccc(NS(=O)(=O)c2ccc(-c3n[nH]c(C)c3C)s2)c(Br)c1. The van der Waals surface area contributed by atoms with Crippen molar-refractivity contribution in [2.24, 2.45) is 0 Å². The van der Waals surface area contributed by atoms with Crippen molar-refractivity contribution in [3.63, 3.8) is 0 Å². The van der Waals surface area contributed by atoms with Crippen LogP contribution in [-0.2, 0) is 10.0 Å². The fraction of sp³-hybridized carbons (Fsp3) is 0.188. The molecule has 24 heavy (non-hydrogen) atoms. The number of nitrogens with one attached hydrogen (secondary N) is 2. The number of thiophene rings is 1. The smallest absolute Gasteiger partial charge is 0.271 e. The fourth-order valence-corrected chi connectivity index (χ4v) is 5.37. The second-order valence-electron chi connectivity index (χ2n) is 5.53. The summed E-state index contributed by atoms with van der Waals surface area (Å²) in [4.78, 5) is 0.820. The van der Waals surface area contributed by atoms with Crippen molar-refractivity contribution in [3.05, 3.63) is 51.6 Å². The molecule has 5 nitrogen and oxygen atoms in total. The van der Waals surface area contributed by atoms with Gasteiger partial charge in [0, 0.05) is 10.2 Å². The summed E-state index contributed by atoms with van der Waals surface area (Å²) < 4.78 is 28.8. The molecule has 3 aromatic rings. The van der Waals surface area contributed by atoms with Gasteiger partial charge in [-0.05, 0) is 72.1 Å². The lowest BCUT2D eigenvalue weighted by molar-refractivity contribution is 0.603. The molecule has 0 unspecified atom stereocenters. The molecule has 0 aliphatic rings. The lowest BCUT2D eigenvalue weighted by Crippen LogP contribution is -2.11. The third-order valence-electron chi connectivity index (χ3n) is 3.70. The molecule has 2 aromatic heterocycles. The van der Waals surface area contributed by atoms with Gasteiger partial charge in [0.15, 0.2) is 0 Å². The number of aryl methyl sites for hydroxylation is 2. The van der Waals surface area contributed by atoms with E-state index in [1.165, 1.54) is 11.3 Å². The maximum Gasteiger partial charge on any atom is 0.271 e. The van der Waals surface area contributed by atoms with Crippen molar-refractivity contribution in [2.45, 2.75) is 25.0 Å². The van der Waals surface area contributed by atoms with E-state index in [-0.39, 0.29) is 4.21 Å². The lowest BCUT2D eigenvalue weighted by atomic mass is 10.2. The molecule has 0 saturated carbocycles. The topological polar surface area (TPSA) is 74.8 Å². The van der Waals surface area contributed by atoms with Gasteiger partial charge in [-0.25, -0.2) is 8.42 Å². The molecule has 0 aliphatic heterocycles. The molecule has 0 spiro atoms. The quantitative estimate of drug-likeness (QED) is 0.639. The monoisotopic (exact) mass is 425 g/mol. The summed E-state index contributed by atoms with van der Waals surface area (Å²) in [5, 5.41) is 7.17. The van der Waals surface area contributed by atoms with Gasteiger partial charge in [-0.2, -0.15) is 5.10 Å². The molecule has 2 heterocycles. The third kappa shape index (κ3) is 3.26. The number of aromatic amines is 1. The van der Waals surface area contributed by atoms with Crippen molar-refractivity contribution < 1.29 is 8.42 Å². The molecule has 0 bridgehead atoms. The average Bonchev–Trinajstić information content (AvgIpc) is 3.11. The van der Waals surface area contributed by atoms with Crippen LogP contribution in [0.3, 0.4) is 0 Å². The first kappa shape index (κ1) is 17.2. The highest BCUT2D eigenvalue weighted by Gasteiger charge is 2.20. The molecule has 3 rings (SSSR count). The van der Waals surface area contributed by atoms with Gasteiger partial charge in [-0.3, -0.25) is 9.82 Å². The lowest BCUT2D eigenvalue weighted by Gasteiger charge is -2.08. The van der Waals surface area contributed by atoms with Gasteiger partial charge in [-0.1, -0.05) is 6.07 Å². The highest BCUT2D eigenvalue weighted by Crippen LogP contribution is 2.34. The van der Waals surface area contributed by atoms with E-state index in [4.69, 9.17) is 0 Å². The molecule has 0 atom stereocenters. The molecule has 0 amide bonds. The standard InChI is InChI=1S/C16H16BrN3O2S2/c1-9-4-5-13(12(17)8-9)20-24(21,22)15-7-6-14(23-15)16-10(2)11(3)18-19-16/h4-8,20H,1-3H3,(H,18,19). The first-order valence-corrected chi connectivity index (χ1v) is 10.3. The van der Waals surface area contributed by atoms with E-state index in [0.29, 0.717) is 10.2 Å². The van der Waals surface area contributed by atoms with Crippen molar-refractivity contribution in [1.29, 1.82) is 0 Å². The Morgan fingerprint density at radius 3 is 2.54 bits per heavy atom. The number of halogens is 1. The summed E-state index contributed by atoms with van der Waals surface area (Å²) in [5.74, 6) is 0. The van der Waals surface area contributed by atoms with E-state index in [9.17, 15) is 8.42 Å². The zero-order chi connectivity index (χ0) is 17.5. The molecular weight excluding hydrogens is 410 g/mol. The third-order valence-corrected chi connectivity index (χ3v) is 7.31. The number of hydrogen-bond acceptors (Lipinski definition) is 4. The van der Waals surface area contributed by atoms with E-state index < -0.39 is 10.0 Å². The fourth-order valence-electron chi connectivity index (χ4n) is 2.21. The van der Waals surface area contributed by atoms with Gasteiger partial charge in [0.05, 0.1) is 10.6 Å². The van der Waals surface area contributed by atoms with Crippen LogP contribution in [0.2, 0.25) is 0 Å². The van der Waals surface area contributed by atoms with E-state index in [1.54, 1.807) is 18.2 Å². The minimum atomic E-state index is -3.64. The number of anilines is 1. The number of sulfonamides is 1. The predicted molar refractivity (Wildman–Crippen MR) is 101 cm³/mol. The van der Waals surface area contributed by atoms with Crippen LogP contribution in [0.25, 0.3) is 10.6 Å². The van der Waals surface area contributed by atoms with Gasteiger partial charge < -0.3 is 0 Å². The van der Waals surface area contributed by atoms with Gasteiger partial charge in [0.2, 0.25) is 0 Å². The Balaban J connectivity index is 1.92. The molecule has 0 aliphatic carbocycles. The van der Waals surface area contributed by atoms with Crippen LogP contribution in [-0.4, -0.2) is 18.6 Å². The van der Waals surface area contributed by atoms with Crippen LogP contribution in [0.1, 0.15) is 16.8 Å². The van der Waals surface area contributed by atoms with Gasteiger partial charge in [0.1, 0.15) is 9.90 Å². The molecule has 0 radical (unpaired) electrons. The van der Waals surface area contributed by atoms with Crippen LogP contribution in [0.15, 0.2) is 39.0 Å². The summed E-state index contributed by atoms with van der Waals surface area (Å²) in [5.41, 5.74) is 4.35. The number of nitrogens with zero attached hydrogens (tertiary/aromatic N) is 1. The Kier molecular flexibility index (Phi) is 4.54. The maximum atomic E-state index is 12.6. The number of rotatable bonds is 4. The molecule has 2 N–H and O–H groups in total. The summed E-state index contributed by atoms with van der Waals surface area (Å²) in [6.45, 7) is 5.85. The van der Waals surface area contributed by atoms with Crippen LogP contribution in [0.5, 0.6) is 0 Å². The zero-order valence-electron chi connectivity index (χ0n) is 13.3. The minimum absolute atomic E-state index is 0.255. The van der Waals surface area contributed by atoms with Crippen molar-refractivity contribution >= 4 is 43.0 Å². The second-order valence-corrected chi connectivity index (χ2v) is 9.38. The van der Waals surface area contributed by atoms with Gasteiger partial charge >= 0.3 is 0 Å². The van der Waals surface area contributed by atoms with Gasteiger partial charge in [-0.15, -0.1) is 11.3 Å². The second kappa shape index (κ2) is 6.34.